The van der Waals surface area contributed by atoms with Gasteiger partial charge in [0.1, 0.15) is 5.75 Å². The Balaban J connectivity index is 1.37. The van der Waals surface area contributed by atoms with Crippen LogP contribution in [-0.4, -0.2) is 46.4 Å². The fourth-order valence-corrected chi connectivity index (χ4v) is 7.22. The molecule has 0 saturated heterocycles. The van der Waals surface area contributed by atoms with E-state index in [4.69, 9.17) is 28.4 Å². The van der Waals surface area contributed by atoms with Crippen LogP contribution >= 0.6 is 0 Å². The number of benzene rings is 4. The number of hydrogen-bond donors (Lipinski definition) is 1. The summed E-state index contributed by atoms with van der Waals surface area (Å²) in [5, 5.41) is 3.74. The first kappa shape index (κ1) is 27.2. The normalized spacial score (nSPS) is 19.6. The third-order valence-corrected chi connectivity index (χ3v) is 9.48. The first-order valence-corrected chi connectivity index (χ1v) is 15.2. The van der Waals surface area contributed by atoms with Crippen LogP contribution < -0.4 is 33.7 Å². The molecular formula is C36H36N2O6. The van der Waals surface area contributed by atoms with Crippen LogP contribution in [-0.2, 0) is 25.7 Å². The van der Waals surface area contributed by atoms with Crippen LogP contribution in [0.15, 0.2) is 54.6 Å². The van der Waals surface area contributed by atoms with E-state index >= 15 is 0 Å². The number of likely N-dealkylation sites (N-methyl/N-ethyl adjacent to an activating group) is 1. The lowest BCUT2D eigenvalue weighted by Crippen LogP contribution is -2.34. The molecule has 226 valence electrons. The molecule has 4 aromatic carbocycles. The maximum absolute atomic E-state index is 6.96. The van der Waals surface area contributed by atoms with Gasteiger partial charge in [0.2, 0.25) is 11.5 Å². The van der Waals surface area contributed by atoms with Crippen molar-refractivity contribution in [3.05, 3.63) is 88.0 Å². The molecule has 6 heterocycles. The molecule has 0 spiro atoms. The van der Waals surface area contributed by atoms with Crippen LogP contribution in [0.3, 0.4) is 0 Å². The summed E-state index contributed by atoms with van der Waals surface area (Å²) in [4.78, 5) is 2.39. The van der Waals surface area contributed by atoms with Gasteiger partial charge in [-0.1, -0.05) is 18.2 Å². The summed E-state index contributed by atoms with van der Waals surface area (Å²) in [5.74, 6) is 6.14. The molecule has 8 nitrogen and oxygen atoms in total. The largest absolute Gasteiger partial charge is 0.493 e. The zero-order valence-corrected chi connectivity index (χ0v) is 25.5. The zero-order valence-electron chi connectivity index (χ0n) is 25.5. The van der Waals surface area contributed by atoms with Gasteiger partial charge in [-0.3, -0.25) is 4.90 Å². The molecular weight excluding hydrogens is 556 g/mol. The van der Waals surface area contributed by atoms with Crippen LogP contribution in [0.5, 0.6) is 51.7 Å². The molecule has 0 unspecified atom stereocenters. The fraction of sp³-hybridized carbons (Fsp3) is 0.333. The minimum absolute atomic E-state index is 0.0217. The van der Waals surface area contributed by atoms with Crippen molar-refractivity contribution in [1.29, 1.82) is 0 Å². The molecule has 44 heavy (non-hydrogen) atoms. The summed E-state index contributed by atoms with van der Waals surface area (Å²) in [6.07, 6.45) is 3.26. The number of methoxy groups -OCH3 is 3. The van der Waals surface area contributed by atoms with E-state index in [9.17, 15) is 0 Å². The molecule has 2 atom stereocenters. The standard InChI is InChI=1S/C36H36N2O6/c1-38-14-12-23-19-30(41-4)34-36-32(23)26(38)16-21-7-10-27(39-2)28(17-21)42-24-8-5-20(6-9-24)15-25-31-22(11-13-37-25)18-29(40-3)33(44-36)35(31)43-34/h5-10,17-19,25-26,37H,11-16H2,1-4H3/t25-,26-/m1/s1. The first-order chi connectivity index (χ1) is 21.5. The lowest BCUT2D eigenvalue weighted by atomic mass is 9.86. The summed E-state index contributed by atoms with van der Waals surface area (Å²) in [6.45, 7) is 1.77. The second-order valence-corrected chi connectivity index (χ2v) is 12.0. The highest BCUT2D eigenvalue weighted by Gasteiger charge is 2.39. The molecule has 0 amide bonds. The molecule has 6 aliphatic heterocycles. The summed E-state index contributed by atoms with van der Waals surface area (Å²) in [5.41, 5.74) is 6.93. The molecule has 10 rings (SSSR count). The summed E-state index contributed by atoms with van der Waals surface area (Å²) in [6, 6.07) is 18.8. The zero-order chi connectivity index (χ0) is 29.9. The molecule has 8 heteroatoms. The monoisotopic (exact) mass is 592 g/mol. The lowest BCUT2D eigenvalue weighted by molar-refractivity contribution is 0.218. The van der Waals surface area contributed by atoms with Crippen LogP contribution in [0.4, 0.5) is 0 Å². The van der Waals surface area contributed by atoms with Crippen molar-refractivity contribution in [3.63, 3.8) is 0 Å². The highest BCUT2D eigenvalue weighted by Crippen LogP contribution is 2.60. The van der Waals surface area contributed by atoms with E-state index in [0.717, 1.165) is 61.2 Å². The van der Waals surface area contributed by atoms with Gasteiger partial charge in [0, 0.05) is 29.8 Å². The van der Waals surface area contributed by atoms with Crippen molar-refractivity contribution in [3.8, 4) is 51.7 Å². The Morgan fingerprint density at radius 1 is 0.682 bits per heavy atom. The van der Waals surface area contributed by atoms with Gasteiger partial charge < -0.3 is 33.7 Å². The van der Waals surface area contributed by atoms with Crippen LogP contribution in [0.25, 0.3) is 0 Å². The second kappa shape index (κ2) is 10.6. The average Bonchev–Trinajstić information content (AvgIpc) is 3.05. The molecule has 0 fully saturated rings. The Morgan fingerprint density at radius 3 is 2.05 bits per heavy atom. The summed E-state index contributed by atoms with van der Waals surface area (Å²) >= 11 is 0. The van der Waals surface area contributed by atoms with Gasteiger partial charge in [-0.05, 0) is 97.9 Å². The third kappa shape index (κ3) is 4.35. The average molecular weight is 593 g/mol. The molecule has 0 aromatic heterocycles. The Bertz CT molecular complexity index is 1770. The van der Waals surface area contributed by atoms with Crippen molar-refractivity contribution in [1.82, 2.24) is 10.2 Å². The molecule has 6 aliphatic rings. The van der Waals surface area contributed by atoms with Crippen LogP contribution in [0.2, 0.25) is 0 Å². The van der Waals surface area contributed by atoms with Gasteiger partial charge >= 0.3 is 0 Å². The summed E-state index contributed by atoms with van der Waals surface area (Å²) < 4.78 is 37.9. The molecule has 4 aromatic rings. The smallest absolute Gasteiger partial charge is 0.212 e. The quantitative estimate of drug-likeness (QED) is 0.242. The number of fused-ring (bicyclic) bond motifs is 1. The molecule has 10 bridgehead atoms. The Labute approximate surface area is 257 Å². The van der Waals surface area contributed by atoms with Gasteiger partial charge in [-0.2, -0.15) is 0 Å². The molecule has 1 N–H and O–H groups in total. The van der Waals surface area contributed by atoms with Crippen LogP contribution in [0.1, 0.15) is 45.5 Å². The van der Waals surface area contributed by atoms with E-state index in [1.165, 1.54) is 16.7 Å². The maximum Gasteiger partial charge on any atom is 0.212 e. The molecule has 0 radical (unpaired) electrons. The number of ether oxygens (including phenoxy) is 6. The van der Waals surface area contributed by atoms with Crippen molar-refractivity contribution >= 4 is 0 Å². The van der Waals surface area contributed by atoms with E-state index in [0.29, 0.717) is 46.0 Å². The number of nitrogens with one attached hydrogen (secondary N) is 1. The minimum atomic E-state index is 0.0217. The Kier molecular flexibility index (Phi) is 6.57. The van der Waals surface area contributed by atoms with Crippen molar-refractivity contribution in [2.75, 3.05) is 41.5 Å². The predicted octanol–water partition coefficient (Wildman–Crippen LogP) is 6.92. The molecule has 0 aliphatic carbocycles. The van der Waals surface area contributed by atoms with Crippen molar-refractivity contribution < 1.29 is 28.4 Å². The van der Waals surface area contributed by atoms with Gasteiger partial charge in [0.05, 0.1) is 21.3 Å². The summed E-state index contributed by atoms with van der Waals surface area (Å²) in [7, 11) is 7.23. The number of rotatable bonds is 3. The number of hydrogen-bond acceptors (Lipinski definition) is 8. The highest BCUT2D eigenvalue weighted by molar-refractivity contribution is 5.71. The molecule has 0 saturated carbocycles. The topological polar surface area (TPSA) is 70.7 Å². The van der Waals surface area contributed by atoms with Gasteiger partial charge in [-0.15, -0.1) is 0 Å². The van der Waals surface area contributed by atoms with E-state index < -0.39 is 0 Å². The van der Waals surface area contributed by atoms with Crippen molar-refractivity contribution in [2.24, 2.45) is 0 Å². The fourth-order valence-electron chi connectivity index (χ4n) is 7.22. The van der Waals surface area contributed by atoms with E-state index in [-0.39, 0.29) is 12.1 Å². The van der Waals surface area contributed by atoms with Crippen LogP contribution in [0, 0.1) is 0 Å². The lowest BCUT2D eigenvalue weighted by Gasteiger charge is -2.39. The maximum atomic E-state index is 6.96. The Hall–Kier alpha value is -4.40. The Morgan fingerprint density at radius 2 is 1.34 bits per heavy atom. The highest BCUT2D eigenvalue weighted by atomic mass is 16.6. The second-order valence-electron chi connectivity index (χ2n) is 12.0. The van der Waals surface area contributed by atoms with Gasteiger partial charge in [-0.25, -0.2) is 0 Å². The first-order valence-electron chi connectivity index (χ1n) is 15.2. The van der Waals surface area contributed by atoms with E-state index in [1.54, 1.807) is 21.3 Å². The third-order valence-electron chi connectivity index (χ3n) is 9.48. The predicted molar refractivity (Wildman–Crippen MR) is 167 cm³/mol. The van der Waals surface area contributed by atoms with Gasteiger partial charge in [0.25, 0.3) is 0 Å². The van der Waals surface area contributed by atoms with Gasteiger partial charge in [0.15, 0.2) is 34.5 Å². The van der Waals surface area contributed by atoms with Crippen molar-refractivity contribution in [2.45, 2.75) is 37.8 Å². The minimum Gasteiger partial charge on any atom is -0.493 e. The van der Waals surface area contributed by atoms with E-state index in [2.05, 4.69) is 53.7 Å². The number of nitrogens with zero attached hydrogens (tertiary/aromatic N) is 1. The SMILES string of the molecule is COc1ccc2cc1Oc1ccc(cc1)C[C@H]1NCCc3cc(OC)c4c(c31)Oc1c(OC)cc3c(c1O4)[C@@H](C2)N(C)CC3. The van der Waals surface area contributed by atoms with E-state index in [1.807, 2.05) is 18.2 Å².